The third-order valence-corrected chi connectivity index (χ3v) is 9.74. The predicted molar refractivity (Wildman–Crippen MR) is 177 cm³/mol. The number of nitrogens with zero attached hydrogens (tertiary/aromatic N) is 1. The van der Waals surface area contributed by atoms with Gasteiger partial charge in [-0.1, -0.05) is 29.8 Å². The molecule has 2 aliphatic rings. The summed E-state index contributed by atoms with van der Waals surface area (Å²) in [5.41, 5.74) is 14.7. The first-order chi connectivity index (χ1) is 20.3. The molecule has 1 amide bonds. The number of allylic oxidation sites excluding steroid dienone is 1. The van der Waals surface area contributed by atoms with Crippen LogP contribution in [0.5, 0.6) is 0 Å². The molecule has 224 valence electrons. The number of aromatic nitrogens is 1. The number of rotatable bonds is 11. The van der Waals surface area contributed by atoms with Crippen molar-refractivity contribution >= 4 is 53.4 Å². The van der Waals surface area contributed by atoms with Crippen molar-refractivity contribution < 1.29 is 9.59 Å². The Balaban J connectivity index is 0.00000198. The van der Waals surface area contributed by atoms with Crippen LogP contribution in [0.4, 0.5) is 5.69 Å². The number of aromatic amines is 1. The van der Waals surface area contributed by atoms with E-state index in [4.69, 9.17) is 22.1 Å². The van der Waals surface area contributed by atoms with Gasteiger partial charge in [-0.2, -0.15) is 0 Å². The van der Waals surface area contributed by atoms with E-state index in [0.717, 1.165) is 99.0 Å². The predicted octanol–water partition coefficient (Wildman–Crippen LogP) is 7.07. The van der Waals surface area contributed by atoms with Gasteiger partial charge in [0.05, 0.1) is 6.42 Å². The van der Waals surface area contributed by atoms with Crippen LogP contribution < -0.4 is 11.1 Å². The monoisotopic (exact) mass is 606 g/mol. The van der Waals surface area contributed by atoms with Crippen LogP contribution in [-0.4, -0.2) is 48.3 Å². The zero-order chi connectivity index (χ0) is 30.2. The van der Waals surface area contributed by atoms with Crippen LogP contribution in [0.25, 0.3) is 11.6 Å². The van der Waals surface area contributed by atoms with Crippen molar-refractivity contribution in [1.29, 1.82) is 0 Å². The van der Waals surface area contributed by atoms with Gasteiger partial charge in [-0.05, 0) is 112 Å². The lowest BCUT2D eigenvalue weighted by atomic mass is 10.0. The third kappa shape index (κ3) is 8.09. The van der Waals surface area contributed by atoms with Crippen LogP contribution in [0.3, 0.4) is 0 Å². The molecule has 1 saturated carbocycles. The number of carbonyl (C=O) groups excluding carboxylic acids is 2. The average Bonchev–Trinajstić information content (AvgIpc) is 3.63. The summed E-state index contributed by atoms with van der Waals surface area (Å²) in [6.07, 6.45) is 7.49. The lowest BCUT2D eigenvalue weighted by molar-refractivity contribution is -0.131. The average molecular weight is 607 g/mol. The van der Waals surface area contributed by atoms with Gasteiger partial charge in [0.15, 0.2) is 0 Å². The molecule has 4 N–H and O–H groups in total. The van der Waals surface area contributed by atoms with Gasteiger partial charge in [-0.15, -0.1) is 11.8 Å². The summed E-state index contributed by atoms with van der Waals surface area (Å²) in [5.74, 6) is 1.89. The van der Waals surface area contributed by atoms with E-state index >= 15 is 0 Å². The van der Waals surface area contributed by atoms with Crippen LogP contribution in [0.2, 0.25) is 5.02 Å². The molecular formula is C34H43ClN4O2S. The van der Waals surface area contributed by atoms with E-state index in [9.17, 15) is 4.79 Å². The SMILES string of the molecule is C/C(=C\c1[nH]c(C)c(CC(=O)N2CCCC2CNCC2CC2)c1C)c1cc(SCc2ccccc2Cl)ccc1N.C=O. The highest BCUT2D eigenvalue weighted by molar-refractivity contribution is 7.98. The fraction of sp³-hybridized carbons (Fsp3) is 0.412. The summed E-state index contributed by atoms with van der Waals surface area (Å²) in [4.78, 5) is 28.2. The molecule has 1 aliphatic carbocycles. The van der Waals surface area contributed by atoms with Gasteiger partial charge < -0.3 is 25.7 Å². The number of hydrogen-bond donors (Lipinski definition) is 3. The molecule has 6 nitrogen and oxygen atoms in total. The van der Waals surface area contributed by atoms with Crippen LogP contribution in [0.15, 0.2) is 47.4 Å². The number of nitrogens with two attached hydrogens (primary N) is 1. The van der Waals surface area contributed by atoms with E-state index in [1.165, 1.54) is 12.8 Å². The molecule has 1 aromatic heterocycles. The molecule has 1 unspecified atom stereocenters. The Morgan fingerprint density at radius 2 is 1.93 bits per heavy atom. The summed E-state index contributed by atoms with van der Waals surface area (Å²) in [6.45, 7) is 11.2. The number of likely N-dealkylation sites (tertiary alicyclic amines) is 1. The van der Waals surface area contributed by atoms with Crippen molar-refractivity contribution in [3.8, 4) is 0 Å². The largest absolute Gasteiger partial charge is 0.398 e. The third-order valence-electron chi connectivity index (χ3n) is 8.33. The van der Waals surface area contributed by atoms with Crippen molar-refractivity contribution in [2.24, 2.45) is 5.92 Å². The maximum atomic E-state index is 13.4. The second kappa shape index (κ2) is 14.9. The Morgan fingerprint density at radius 1 is 1.17 bits per heavy atom. The molecule has 0 bridgehead atoms. The van der Waals surface area contributed by atoms with E-state index in [0.29, 0.717) is 12.5 Å². The van der Waals surface area contributed by atoms with Crippen LogP contribution in [-0.2, 0) is 21.8 Å². The quantitative estimate of drug-likeness (QED) is 0.160. The summed E-state index contributed by atoms with van der Waals surface area (Å²) < 4.78 is 0. The van der Waals surface area contributed by atoms with Crippen molar-refractivity contribution in [2.45, 2.75) is 69.6 Å². The molecule has 5 rings (SSSR count). The summed E-state index contributed by atoms with van der Waals surface area (Å²) in [6, 6.07) is 14.5. The zero-order valence-corrected chi connectivity index (χ0v) is 26.5. The highest BCUT2D eigenvalue weighted by atomic mass is 35.5. The minimum atomic E-state index is 0.237. The molecule has 0 radical (unpaired) electrons. The zero-order valence-electron chi connectivity index (χ0n) is 25.0. The summed E-state index contributed by atoms with van der Waals surface area (Å²) in [7, 11) is 0. The van der Waals surface area contributed by atoms with Crippen molar-refractivity contribution in [2.75, 3.05) is 25.4 Å². The number of hydrogen-bond acceptors (Lipinski definition) is 5. The molecule has 0 spiro atoms. The Morgan fingerprint density at radius 3 is 2.67 bits per heavy atom. The fourth-order valence-corrected chi connectivity index (χ4v) is 6.89. The highest BCUT2D eigenvalue weighted by Crippen LogP contribution is 2.33. The van der Waals surface area contributed by atoms with Gasteiger partial charge in [-0.3, -0.25) is 4.79 Å². The first-order valence-corrected chi connectivity index (χ1v) is 16.1. The van der Waals surface area contributed by atoms with Gasteiger partial charge in [0.25, 0.3) is 0 Å². The molecular weight excluding hydrogens is 564 g/mol. The Bertz CT molecular complexity index is 1410. The smallest absolute Gasteiger partial charge is 0.227 e. The number of nitrogens with one attached hydrogen (secondary N) is 2. The van der Waals surface area contributed by atoms with Gasteiger partial charge in [0.2, 0.25) is 5.91 Å². The van der Waals surface area contributed by atoms with Crippen molar-refractivity contribution in [1.82, 2.24) is 15.2 Å². The molecule has 2 heterocycles. The van der Waals surface area contributed by atoms with E-state index in [1.54, 1.807) is 11.8 Å². The van der Waals surface area contributed by atoms with Gasteiger partial charge in [0.1, 0.15) is 6.79 Å². The van der Waals surface area contributed by atoms with Crippen LogP contribution in [0.1, 0.15) is 66.2 Å². The number of halogens is 1. The lowest BCUT2D eigenvalue weighted by Gasteiger charge is -2.25. The van der Waals surface area contributed by atoms with Gasteiger partial charge in [0, 0.05) is 57.4 Å². The number of anilines is 1. The molecule has 42 heavy (non-hydrogen) atoms. The number of H-pyrrole nitrogens is 1. The molecule has 1 atom stereocenters. The topological polar surface area (TPSA) is 91.2 Å². The number of benzene rings is 2. The van der Waals surface area contributed by atoms with E-state index in [2.05, 4.69) is 60.2 Å². The first-order valence-electron chi connectivity index (χ1n) is 14.7. The molecule has 8 heteroatoms. The van der Waals surface area contributed by atoms with Crippen LogP contribution >= 0.6 is 23.4 Å². The molecule has 3 aromatic rings. The normalized spacial score (nSPS) is 16.8. The Hall–Kier alpha value is -3.00. The van der Waals surface area contributed by atoms with Gasteiger partial charge >= 0.3 is 0 Å². The minimum absolute atomic E-state index is 0.237. The number of nitrogen functional groups attached to an aromatic ring is 1. The molecule has 2 aromatic carbocycles. The second-order valence-electron chi connectivity index (χ2n) is 11.4. The standard InChI is InChI=1S/C33H41ClN4OS.CH2O/c1-21(28-16-27(12-13-31(28)35)40-20-25-7-4-5-9-30(25)34)15-32-22(2)29(23(3)37-32)17-33(39)38-14-6-8-26(38)19-36-18-24-10-11-24;1-2/h4-5,7,9,12-13,15-16,24,26,36-37H,6,8,10-11,14,17-20,35H2,1-3H3;1H2/b21-15+;. The van der Waals surface area contributed by atoms with E-state index in [1.807, 2.05) is 31.1 Å². The first kappa shape index (κ1) is 31.9. The molecule has 1 aliphatic heterocycles. The maximum Gasteiger partial charge on any atom is 0.227 e. The minimum Gasteiger partial charge on any atom is -0.398 e. The number of carbonyl (C=O) groups is 2. The van der Waals surface area contributed by atoms with E-state index < -0.39 is 0 Å². The van der Waals surface area contributed by atoms with Crippen molar-refractivity contribution in [3.05, 3.63) is 81.1 Å². The maximum absolute atomic E-state index is 13.4. The number of thioether (sulfide) groups is 1. The van der Waals surface area contributed by atoms with Crippen LogP contribution in [0, 0.1) is 19.8 Å². The highest BCUT2D eigenvalue weighted by Gasteiger charge is 2.30. The summed E-state index contributed by atoms with van der Waals surface area (Å²) in [5, 5.41) is 4.39. The number of amides is 1. The Labute approximate surface area is 259 Å². The summed E-state index contributed by atoms with van der Waals surface area (Å²) >= 11 is 8.10. The lowest BCUT2D eigenvalue weighted by Crippen LogP contribution is -2.42. The van der Waals surface area contributed by atoms with Crippen molar-refractivity contribution in [3.63, 3.8) is 0 Å². The molecule has 1 saturated heterocycles. The van der Waals surface area contributed by atoms with Gasteiger partial charge in [-0.25, -0.2) is 0 Å². The Kier molecular flexibility index (Phi) is 11.4. The van der Waals surface area contributed by atoms with E-state index in [-0.39, 0.29) is 5.91 Å². The number of aryl methyl sites for hydroxylation is 1. The second-order valence-corrected chi connectivity index (χ2v) is 12.8. The fourth-order valence-electron chi connectivity index (χ4n) is 5.67. The molecule has 2 fully saturated rings.